The second-order valence-corrected chi connectivity index (χ2v) is 14.0. The van der Waals surface area contributed by atoms with Gasteiger partial charge in [-0.15, -0.1) is 0 Å². The second-order valence-electron chi connectivity index (χ2n) is 14.0. The molecule has 220 valence electrons. The van der Waals surface area contributed by atoms with Crippen molar-refractivity contribution >= 4 is 21.8 Å². The summed E-state index contributed by atoms with van der Waals surface area (Å²) >= 11 is 0. The largest absolute Gasteiger partial charge is 0.309 e. The van der Waals surface area contributed by atoms with Crippen LogP contribution in [0.4, 0.5) is 0 Å². The van der Waals surface area contributed by atoms with Gasteiger partial charge >= 0.3 is 0 Å². The number of fused-ring (bicyclic) bond motifs is 15. The van der Waals surface area contributed by atoms with E-state index in [2.05, 4.69) is 170 Å². The fourth-order valence-electron chi connectivity index (χ4n) is 9.75. The lowest BCUT2D eigenvalue weighted by molar-refractivity contribution is 0.660. The third-order valence-electron chi connectivity index (χ3n) is 11.6. The smallest absolute Gasteiger partial charge is 0.0760 e. The zero-order valence-corrected chi connectivity index (χ0v) is 26.4. The minimum atomic E-state index is -0.473. The van der Waals surface area contributed by atoms with Crippen molar-refractivity contribution < 1.29 is 0 Å². The quantitative estimate of drug-likeness (QED) is 0.177. The molecule has 2 heterocycles. The van der Waals surface area contributed by atoms with Gasteiger partial charge in [-0.2, -0.15) is 0 Å². The van der Waals surface area contributed by atoms with Gasteiger partial charge in [0.25, 0.3) is 0 Å². The van der Waals surface area contributed by atoms with Crippen LogP contribution in [-0.4, -0.2) is 4.57 Å². The summed E-state index contributed by atoms with van der Waals surface area (Å²) < 4.78 is 2.53. The molecular formula is C46H31N. The molecule has 1 atom stereocenters. The normalized spacial score (nSPS) is 17.4. The van der Waals surface area contributed by atoms with Gasteiger partial charge in [-0.1, -0.05) is 147 Å². The van der Waals surface area contributed by atoms with Crippen LogP contribution < -0.4 is 0 Å². The van der Waals surface area contributed by atoms with Crippen LogP contribution in [0.1, 0.15) is 47.2 Å². The average molecular weight is 598 g/mol. The van der Waals surface area contributed by atoms with E-state index in [9.17, 15) is 0 Å². The van der Waals surface area contributed by atoms with Crippen molar-refractivity contribution in [1.29, 1.82) is 0 Å². The topological polar surface area (TPSA) is 4.93 Å². The van der Waals surface area contributed by atoms with Crippen LogP contribution >= 0.6 is 0 Å². The Morgan fingerprint density at radius 2 is 1.02 bits per heavy atom. The molecule has 47 heavy (non-hydrogen) atoms. The molecule has 1 unspecified atom stereocenters. The molecule has 0 fully saturated rings. The highest BCUT2D eigenvalue weighted by Gasteiger charge is 2.52. The Morgan fingerprint density at radius 3 is 1.89 bits per heavy atom. The van der Waals surface area contributed by atoms with Crippen LogP contribution in [0.25, 0.3) is 60.9 Å². The summed E-state index contributed by atoms with van der Waals surface area (Å²) in [6, 6.07) is 57.4. The van der Waals surface area contributed by atoms with E-state index < -0.39 is 5.41 Å². The molecule has 0 amide bonds. The Kier molecular flexibility index (Phi) is 4.66. The number of rotatable bonds is 1. The number of hydrogen-bond acceptors (Lipinski definition) is 0. The fourth-order valence-corrected chi connectivity index (χ4v) is 9.75. The molecule has 0 bridgehead atoms. The van der Waals surface area contributed by atoms with Crippen LogP contribution in [0.3, 0.4) is 0 Å². The van der Waals surface area contributed by atoms with Crippen molar-refractivity contribution in [2.75, 3.05) is 0 Å². The van der Waals surface area contributed by atoms with Gasteiger partial charge in [-0.25, -0.2) is 0 Å². The molecule has 1 nitrogen and oxygen atoms in total. The summed E-state index contributed by atoms with van der Waals surface area (Å²) in [5.74, 6) is 0. The predicted octanol–water partition coefficient (Wildman–Crippen LogP) is 11.4. The highest BCUT2D eigenvalue weighted by Crippen LogP contribution is 2.63. The molecule has 0 N–H and O–H groups in total. The lowest BCUT2D eigenvalue weighted by Crippen LogP contribution is -2.34. The molecule has 0 radical (unpaired) electrons. The summed E-state index contributed by atoms with van der Waals surface area (Å²) in [5, 5.41) is 2.61. The van der Waals surface area contributed by atoms with E-state index in [0.29, 0.717) is 0 Å². The van der Waals surface area contributed by atoms with E-state index in [0.717, 1.165) is 0 Å². The third-order valence-corrected chi connectivity index (χ3v) is 11.6. The molecule has 0 saturated carbocycles. The minimum absolute atomic E-state index is 0.0219. The Labute approximate surface area is 274 Å². The van der Waals surface area contributed by atoms with Gasteiger partial charge in [-0.3, -0.25) is 0 Å². The number of para-hydroxylation sites is 3. The molecule has 1 aromatic heterocycles. The first-order valence-corrected chi connectivity index (χ1v) is 16.7. The molecular weight excluding hydrogens is 567 g/mol. The van der Waals surface area contributed by atoms with Crippen LogP contribution in [0, 0.1) is 0 Å². The summed E-state index contributed by atoms with van der Waals surface area (Å²) in [7, 11) is 0. The third kappa shape index (κ3) is 2.89. The molecule has 2 aliphatic carbocycles. The molecule has 11 rings (SSSR count). The second kappa shape index (κ2) is 8.57. The van der Waals surface area contributed by atoms with Gasteiger partial charge < -0.3 is 4.57 Å². The highest BCUT2D eigenvalue weighted by molar-refractivity contribution is 6.13. The van der Waals surface area contributed by atoms with Crippen molar-refractivity contribution in [3.8, 4) is 39.1 Å². The first-order valence-electron chi connectivity index (χ1n) is 16.7. The summed E-state index contributed by atoms with van der Waals surface area (Å²) in [6.45, 7) is 4.73. The highest BCUT2D eigenvalue weighted by atomic mass is 15.0. The van der Waals surface area contributed by atoms with Crippen molar-refractivity contribution in [3.05, 3.63) is 185 Å². The molecule has 8 aromatic rings. The summed E-state index contributed by atoms with van der Waals surface area (Å²) in [6.07, 6.45) is 0. The minimum Gasteiger partial charge on any atom is -0.309 e. The average Bonchev–Trinajstić information content (AvgIpc) is 3.70. The van der Waals surface area contributed by atoms with Crippen LogP contribution in [-0.2, 0) is 10.8 Å². The van der Waals surface area contributed by atoms with E-state index in [1.165, 1.54) is 94.3 Å². The van der Waals surface area contributed by atoms with Crippen molar-refractivity contribution in [3.63, 3.8) is 0 Å². The van der Waals surface area contributed by atoms with Crippen molar-refractivity contribution in [1.82, 2.24) is 4.57 Å². The summed E-state index contributed by atoms with van der Waals surface area (Å²) in [4.78, 5) is 0. The fraction of sp³-hybridized carbons (Fsp3) is 0.0870. The van der Waals surface area contributed by atoms with Gasteiger partial charge in [0.2, 0.25) is 0 Å². The SMILES string of the molecule is CC1(C)c2ccccc2-c2cc(-c3cccc4c3C3(c5ccccc5-4)c4ccccc4-n4c5ccccc5c5cccc3c54)ccc21. The van der Waals surface area contributed by atoms with E-state index in [-0.39, 0.29) is 5.41 Å². The Bertz CT molecular complexity index is 2670. The number of nitrogens with zero attached hydrogens (tertiary/aromatic N) is 1. The predicted molar refractivity (Wildman–Crippen MR) is 195 cm³/mol. The van der Waals surface area contributed by atoms with Gasteiger partial charge in [0.05, 0.1) is 22.1 Å². The van der Waals surface area contributed by atoms with Gasteiger partial charge in [0, 0.05) is 16.2 Å². The lowest BCUT2D eigenvalue weighted by Gasteiger charge is -2.40. The Hall–Kier alpha value is -5.66. The molecule has 0 saturated heterocycles. The van der Waals surface area contributed by atoms with Crippen LogP contribution in [0.15, 0.2) is 152 Å². The molecule has 7 aromatic carbocycles. The van der Waals surface area contributed by atoms with E-state index in [4.69, 9.17) is 0 Å². The van der Waals surface area contributed by atoms with Gasteiger partial charge in [0.15, 0.2) is 0 Å². The standard InChI is InChI=1S/C46H31N/c1-45(2)36-19-6-3-14-31(36)35-27-28(25-26-37(35)45)29-16-11-17-33-30-13-4-7-20-38(30)46(43(29)33)39-21-8-10-24-42(39)47-41-23-9-5-15-32(41)34-18-12-22-40(46)44(34)47/h3-27H,1-2H3. The summed E-state index contributed by atoms with van der Waals surface area (Å²) in [5.41, 5.74) is 19.6. The monoisotopic (exact) mass is 597 g/mol. The van der Waals surface area contributed by atoms with E-state index in [1.807, 2.05) is 0 Å². The van der Waals surface area contributed by atoms with Gasteiger partial charge in [0.1, 0.15) is 0 Å². The maximum Gasteiger partial charge on any atom is 0.0760 e. The molecule has 1 aliphatic heterocycles. The number of hydrogen-bond donors (Lipinski definition) is 0. The Balaban J connectivity index is 1.30. The maximum absolute atomic E-state index is 2.53. The van der Waals surface area contributed by atoms with E-state index in [1.54, 1.807) is 0 Å². The molecule has 1 spiro atoms. The number of aromatic nitrogens is 1. The first kappa shape index (κ1) is 25.5. The van der Waals surface area contributed by atoms with E-state index >= 15 is 0 Å². The van der Waals surface area contributed by atoms with Crippen LogP contribution in [0.2, 0.25) is 0 Å². The molecule has 1 heteroatoms. The maximum atomic E-state index is 2.53. The lowest BCUT2D eigenvalue weighted by atomic mass is 9.64. The first-order chi connectivity index (χ1) is 23.1. The van der Waals surface area contributed by atoms with Crippen molar-refractivity contribution in [2.45, 2.75) is 24.7 Å². The Morgan fingerprint density at radius 1 is 0.426 bits per heavy atom. The zero-order valence-electron chi connectivity index (χ0n) is 26.4. The zero-order chi connectivity index (χ0) is 31.1. The number of benzene rings is 7. The van der Waals surface area contributed by atoms with Crippen LogP contribution in [0.5, 0.6) is 0 Å². The molecule has 3 aliphatic rings. The van der Waals surface area contributed by atoms with Crippen molar-refractivity contribution in [2.24, 2.45) is 0 Å². The van der Waals surface area contributed by atoms with Gasteiger partial charge in [-0.05, 0) is 85.0 Å².